The zero-order valence-corrected chi connectivity index (χ0v) is 17.1. The zero-order valence-electron chi connectivity index (χ0n) is 14.1. The van der Waals surface area contributed by atoms with E-state index in [0.717, 1.165) is 11.8 Å². The van der Waals surface area contributed by atoms with Crippen molar-refractivity contribution in [3.8, 4) is 5.75 Å². The number of thioether (sulfide) groups is 1. The van der Waals surface area contributed by atoms with E-state index in [9.17, 15) is 14.7 Å². The molecule has 27 heavy (non-hydrogen) atoms. The van der Waals surface area contributed by atoms with Gasteiger partial charge in [-0.3, -0.25) is 4.79 Å². The van der Waals surface area contributed by atoms with Crippen LogP contribution in [-0.2, 0) is 9.59 Å². The van der Waals surface area contributed by atoms with E-state index in [1.54, 1.807) is 31.2 Å². The molecule has 0 saturated carbocycles. The lowest BCUT2D eigenvalue weighted by atomic mass is 9.83. The van der Waals surface area contributed by atoms with Gasteiger partial charge in [-0.2, -0.15) is 0 Å². The van der Waals surface area contributed by atoms with Crippen LogP contribution in [0, 0.1) is 0 Å². The van der Waals surface area contributed by atoms with Gasteiger partial charge in [-0.15, -0.1) is 0 Å². The first-order valence-corrected chi connectivity index (χ1v) is 9.84. The molecule has 0 aromatic heterocycles. The smallest absolute Gasteiger partial charge is 0.330 e. The summed E-state index contributed by atoms with van der Waals surface area (Å²) in [7, 11) is 0. The number of aliphatic carboxylic acids is 1. The van der Waals surface area contributed by atoms with Gasteiger partial charge in [0.2, 0.25) is 0 Å². The Morgan fingerprint density at radius 3 is 2.59 bits per heavy atom. The lowest BCUT2D eigenvalue weighted by Gasteiger charge is -2.52. The Balaban J connectivity index is 1.93. The first-order chi connectivity index (χ1) is 12.5. The molecule has 10 heteroatoms. The highest BCUT2D eigenvalue weighted by Gasteiger charge is 2.69. The lowest BCUT2D eigenvalue weighted by Crippen LogP contribution is -2.74. The monoisotopic (exact) mass is 448 g/mol. The van der Waals surface area contributed by atoms with Gasteiger partial charge in [-0.25, -0.2) is 9.79 Å². The minimum absolute atomic E-state index is 0.193. The maximum Gasteiger partial charge on any atom is 0.330 e. The van der Waals surface area contributed by atoms with Crippen LogP contribution in [0.1, 0.15) is 13.3 Å². The van der Waals surface area contributed by atoms with Crippen molar-refractivity contribution in [2.75, 3.05) is 0 Å². The van der Waals surface area contributed by atoms with Crippen LogP contribution in [0.3, 0.4) is 0 Å². The number of hydrogen-bond donors (Lipinski definition) is 1. The SMILES string of the molecule is C=C(C)C(C(=O)O)N1C(=O)C2(CC(Cl)(Cl)Cl)N=C(Oc3ccccc3)SC12. The summed E-state index contributed by atoms with van der Waals surface area (Å²) in [5, 5.41) is 9.06. The van der Waals surface area contributed by atoms with E-state index in [2.05, 4.69) is 11.6 Å². The van der Waals surface area contributed by atoms with Crippen molar-refractivity contribution < 1.29 is 19.4 Å². The molecule has 1 aromatic rings. The number of likely N-dealkylation sites (tertiary alicyclic amines) is 1. The Morgan fingerprint density at radius 2 is 2.07 bits per heavy atom. The highest BCUT2D eigenvalue weighted by Crippen LogP contribution is 2.54. The first-order valence-electron chi connectivity index (χ1n) is 7.82. The maximum atomic E-state index is 13.0. The minimum atomic E-state index is -1.74. The summed E-state index contributed by atoms with van der Waals surface area (Å²) in [5.41, 5.74) is -1.07. The molecular formula is C17H15Cl3N2O4S. The number of β-lactam (4-membered cyclic amide) rings is 1. The third kappa shape index (κ3) is 3.78. The molecule has 6 nitrogen and oxygen atoms in total. The Hall–Kier alpha value is -1.41. The van der Waals surface area contributed by atoms with Gasteiger partial charge in [0.15, 0.2) is 15.4 Å². The van der Waals surface area contributed by atoms with Crippen LogP contribution in [0.5, 0.6) is 5.75 Å². The number of hydrogen-bond acceptors (Lipinski definition) is 5. The Kier molecular flexibility index (Phi) is 5.42. The standard InChI is InChI=1S/C17H15Cl3N2O4S/c1-9(2)11(12(23)24)22-13(25)16(8-17(18,19)20)14(22)27-15(21-16)26-10-6-4-3-5-7-10/h3-7,11,14H,1,8H2,2H3,(H,23,24). The summed E-state index contributed by atoms with van der Waals surface area (Å²) in [5.74, 6) is -1.19. The fourth-order valence-electron chi connectivity index (χ4n) is 3.11. The van der Waals surface area contributed by atoms with Crippen molar-refractivity contribution in [1.29, 1.82) is 0 Å². The van der Waals surface area contributed by atoms with Gasteiger partial charge >= 0.3 is 5.97 Å². The predicted octanol–water partition coefficient (Wildman–Crippen LogP) is 3.86. The number of carbonyl (C=O) groups is 2. The third-order valence-electron chi connectivity index (χ3n) is 4.17. The van der Waals surface area contributed by atoms with Crippen molar-refractivity contribution in [1.82, 2.24) is 4.90 Å². The van der Waals surface area contributed by atoms with E-state index in [-0.39, 0.29) is 11.7 Å². The second-order valence-electron chi connectivity index (χ2n) is 6.28. The molecule has 2 aliphatic heterocycles. The first kappa shape index (κ1) is 20.3. The summed E-state index contributed by atoms with van der Waals surface area (Å²) < 4.78 is 3.99. The molecule has 3 unspecified atom stereocenters. The number of amides is 1. The summed E-state index contributed by atoms with van der Waals surface area (Å²) >= 11 is 18.9. The molecule has 1 aromatic carbocycles. The van der Waals surface area contributed by atoms with E-state index in [0.29, 0.717) is 11.3 Å². The lowest BCUT2D eigenvalue weighted by molar-refractivity contribution is -0.164. The van der Waals surface area contributed by atoms with E-state index in [4.69, 9.17) is 39.5 Å². The minimum Gasteiger partial charge on any atom is -0.479 e. The molecule has 1 fully saturated rings. The fourth-order valence-corrected chi connectivity index (χ4v) is 5.03. The summed E-state index contributed by atoms with van der Waals surface area (Å²) in [6.45, 7) is 5.23. The third-order valence-corrected chi connectivity index (χ3v) is 5.78. The van der Waals surface area contributed by atoms with Crippen molar-refractivity contribution >= 4 is 63.7 Å². The number of nitrogens with zero attached hydrogens (tertiary/aromatic N) is 2. The fraction of sp³-hybridized carbons (Fsp3) is 0.353. The van der Waals surface area contributed by atoms with Crippen LogP contribution >= 0.6 is 46.6 Å². The molecule has 144 valence electrons. The molecule has 2 aliphatic rings. The molecule has 0 spiro atoms. The highest BCUT2D eigenvalue weighted by molar-refractivity contribution is 8.14. The largest absolute Gasteiger partial charge is 0.479 e. The number of fused-ring (bicyclic) bond motifs is 1. The van der Waals surface area contributed by atoms with Crippen molar-refractivity contribution in [3.05, 3.63) is 42.5 Å². The number of carboxylic acid groups (broad SMARTS) is 1. The number of aliphatic imine (C=N–C) groups is 1. The average molecular weight is 450 g/mol. The van der Waals surface area contributed by atoms with E-state index in [1.165, 1.54) is 4.90 Å². The quantitative estimate of drug-likeness (QED) is 0.419. The molecule has 1 amide bonds. The number of carbonyl (C=O) groups excluding carboxylic acids is 1. The van der Waals surface area contributed by atoms with Gasteiger partial charge in [0.1, 0.15) is 11.1 Å². The predicted molar refractivity (Wildman–Crippen MR) is 107 cm³/mol. The van der Waals surface area contributed by atoms with Crippen LogP contribution in [0.25, 0.3) is 0 Å². The summed E-state index contributed by atoms with van der Waals surface area (Å²) in [6, 6.07) is 7.70. The van der Waals surface area contributed by atoms with Gasteiger partial charge in [0.05, 0.1) is 0 Å². The number of carboxylic acids is 1. The number of para-hydroxylation sites is 1. The second-order valence-corrected chi connectivity index (χ2v) is 9.83. The molecule has 0 aliphatic carbocycles. The van der Waals surface area contributed by atoms with Crippen LogP contribution in [0.15, 0.2) is 47.5 Å². The van der Waals surface area contributed by atoms with Crippen LogP contribution in [0.4, 0.5) is 0 Å². The molecule has 1 N–H and O–H groups in total. The molecule has 1 saturated heterocycles. The van der Waals surface area contributed by atoms with E-state index in [1.807, 2.05) is 6.07 Å². The molecule has 0 bridgehead atoms. The molecular weight excluding hydrogens is 435 g/mol. The van der Waals surface area contributed by atoms with Gasteiger partial charge in [0, 0.05) is 6.42 Å². The maximum absolute atomic E-state index is 13.0. The van der Waals surface area contributed by atoms with Crippen LogP contribution < -0.4 is 4.74 Å². The average Bonchev–Trinajstić information content (AvgIpc) is 2.85. The molecule has 3 atom stereocenters. The summed E-state index contributed by atoms with van der Waals surface area (Å²) in [6.07, 6.45) is -0.193. The molecule has 2 heterocycles. The van der Waals surface area contributed by atoms with Gasteiger partial charge in [0.25, 0.3) is 11.1 Å². The Morgan fingerprint density at radius 1 is 1.44 bits per heavy atom. The number of alkyl halides is 3. The number of benzene rings is 1. The van der Waals surface area contributed by atoms with E-state index < -0.39 is 32.6 Å². The number of rotatable bonds is 5. The Labute approximate surface area is 175 Å². The zero-order chi connectivity index (χ0) is 20.0. The van der Waals surface area contributed by atoms with E-state index >= 15 is 0 Å². The van der Waals surface area contributed by atoms with Gasteiger partial charge in [-0.05, 0) is 36.4 Å². The van der Waals surface area contributed by atoms with Gasteiger partial charge in [-0.1, -0.05) is 59.6 Å². The second kappa shape index (κ2) is 7.20. The molecule has 0 radical (unpaired) electrons. The summed E-state index contributed by atoms with van der Waals surface area (Å²) in [4.78, 5) is 30.2. The number of halogens is 3. The number of ether oxygens (including phenoxy) is 1. The topological polar surface area (TPSA) is 79.2 Å². The Bertz CT molecular complexity index is 813. The van der Waals surface area contributed by atoms with Crippen molar-refractivity contribution in [3.63, 3.8) is 0 Å². The van der Waals surface area contributed by atoms with Gasteiger partial charge < -0.3 is 14.7 Å². The van der Waals surface area contributed by atoms with Crippen LogP contribution in [-0.4, -0.2) is 47.9 Å². The highest BCUT2D eigenvalue weighted by atomic mass is 35.6. The van der Waals surface area contributed by atoms with Crippen molar-refractivity contribution in [2.45, 2.75) is 34.1 Å². The normalized spacial score (nSPS) is 25.3. The van der Waals surface area contributed by atoms with Crippen molar-refractivity contribution in [2.24, 2.45) is 4.99 Å². The molecule has 3 rings (SSSR count). The van der Waals surface area contributed by atoms with Crippen LogP contribution in [0.2, 0.25) is 0 Å².